The van der Waals surface area contributed by atoms with E-state index in [0.29, 0.717) is 10.7 Å². The first-order valence-corrected chi connectivity index (χ1v) is 8.34. The van der Waals surface area contributed by atoms with Crippen molar-refractivity contribution in [3.8, 4) is 0 Å². The van der Waals surface area contributed by atoms with E-state index < -0.39 is 10.0 Å². The van der Waals surface area contributed by atoms with Gasteiger partial charge in [0.1, 0.15) is 0 Å². The molecule has 0 saturated heterocycles. The second-order valence-electron chi connectivity index (χ2n) is 4.36. The maximum atomic E-state index is 11.8. The fraction of sp³-hybridized carbons (Fsp3) is 0.545. The molecule has 0 saturated carbocycles. The second kappa shape index (κ2) is 4.64. The molecule has 2 aromatic heterocycles. The lowest BCUT2D eigenvalue weighted by molar-refractivity contribution is 0.586. The number of rotatable bonds is 4. The summed E-state index contributed by atoms with van der Waals surface area (Å²) in [5.41, 5.74) is 1.52. The first kappa shape index (κ1) is 13.5. The molecule has 0 amide bonds. The van der Waals surface area contributed by atoms with E-state index in [0.717, 1.165) is 18.5 Å². The van der Waals surface area contributed by atoms with Gasteiger partial charge < -0.3 is 0 Å². The Morgan fingerprint density at radius 1 is 1.50 bits per heavy atom. The highest BCUT2D eigenvalue weighted by Gasteiger charge is 2.26. The molecule has 0 aliphatic heterocycles. The number of hydrogen-bond acceptors (Lipinski definition) is 4. The minimum atomic E-state index is -3.77. The summed E-state index contributed by atoms with van der Waals surface area (Å²) >= 11 is 1.45. The van der Waals surface area contributed by atoms with Gasteiger partial charge in [-0.1, -0.05) is 20.8 Å². The van der Waals surface area contributed by atoms with Crippen molar-refractivity contribution in [1.82, 2.24) is 9.38 Å². The van der Waals surface area contributed by atoms with Crippen LogP contribution in [0.5, 0.6) is 0 Å². The standard InChI is InChI=1S/C11H17N3O2S2/c1-4-7(3)9-10(18(12,15)16)14-8(5-2)6-17-11(14)13-9/h6-7H,4-5H2,1-3H3,(H2,12,15,16). The van der Waals surface area contributed by atoms with E-state index in [4.69, 9.17) is 5.14 Å². The van der Waals surface area contributed by atoms with E-state index in [-0.39, 0.29) is 10.9 Å². The quantitative estimate of drug-likeness (QED) is 0.935. The van der Waals surface area contributed by atoms with Gasteiger partial charge in [0.05, 0.1) is 5.69 Å². The largest absolute Gasteiger partial charge is 0.277 e. The lowest BCUT2D eigenvalue weighted by Gasteiger charge is -2.08. The normalized spacial score (nSPS) is 14.2. The summed E-state index contributed by atoms with van der Waals surface area (Å²) in [4.78, 5) is 5.14. The van der Waals surface area contributed by atoms with E-state index in [1.165, 1.54) is 11.3 Å². The first-order valence-electron chi connectivity index (χ1n) is 5.91. The topological polar surface area (TPSA) is 77.5 Å². The number of aromatic nitrogens is 2. The van der Waals surface area contributed by atoms with Crippen molar-refractivity contribution < 1.29 is 8.42 Å². The Bertz CT molecular complexity index is 670. The van der Waals surface area contributed by atoms with Crippen LogP contribution in [0.1, 0.15) is 44.5 Å². The van der Waals surface area contributed by atoms with Crippen LogP contribution < -0.4 is 5.14 Å². The SMILES string of the molecule is CCc1csc2nc(C(C)CC)c(S(N)(=O)=O)n12. The predicted molar refractivity (Wildman–Crippen MR) is 72.5 cm³/mol. The minimum Gasteiger partial charge on any atom is -0.277 e. The number of imidazole rings is 1. The molecular formula is C11H17N3O2S2. The van der Waals surface area contributed by atoms with E-state index >= 15 is 0 Å². The monoisotopic (exact) mass is 287 g/mol. The molecule has 1 unspecified atom stereocenters. The predicted octanol–water partition coefficient (Wildman–Crippen LogP) is 2.12. The maximum absolute atomic E-state index is 11.8. The van der Waals surface area contributed by atoms with Crippen molar-refractivity contribution in [2.75, 3.05) is 0 Å². The number of hydrogen-bond donors (Lipinski definition) is 1. The molecule has 0 aliphatic carbocycles. The lowest BCUT2D eigenvalue weighted by atomic mass is 10.1. The molecule has 0 aliphatic rings. The van der Waals surface area contributed by atoms with Crippen LogP contribution in [0.25, 0.3) is 4.96 Å². The van der Waals surface area contributed by atoms with Gasteiger partial charge in [-0.05, 0) is 12.8 Å². The summed E-state index contributed by atoms with van der Waals surface area (Å²) in [6.45, 7) is 5.95. The Morgan fingerprint density at radius 2 is 2.17 bits per heavy atom. The molecule has 7 heteroatoms. The highest BCUT2D eigenvalue weighted by molar-refractivity contribution is 7.89. The maximum Gasteiger partial charge on any atom is 0.255 e. The minimum absolute atomic E-state index is 0.0788. The van der Waals surface area contributed by atoms with Crippen LogP contribution in [0.3, 0.4) is 0 Å². The summed E-state index contributed by atoms with van der Waals surface area (Å²) in [6.07, 6.45) is 1.58. The Kier molecular flexibility index (Phi) is 3.48. The van der Waals surface area contributed by atoms with Crippen molar-refractivity contribution in [1.29, 1.82) is 0 Å². The smallest absolute Gasteiger partial charge is 0.255 e. The van der Waals surface area contributed by atoms with Crippen LogP contribution in [-0.2, 0) is 16.4 Å². The van der Waals surface area contributed by atoms with Crippen LogP contribution in [0.4, 0.5) is 0 Å². The van der Waals surface area contributed by atoms with Gasteiger partial charge in [0.15, 0.2) is 9.99 Å². The molecule has 100 valence electrons. The Hall–Kier alpha value is -0.920. The lowest BCUT2D eigenvalue weighted by Crippen LogP contribution is -2.18. The van der Waals surface area contributed by atoms with Gasteiger partial charge in [0, 0.05) is 17.0 Å². The van der Waals surface area contributed by atoms with Gasteiger partial charge in [0.2, 0.25) is 0 Å². The van der Waals surface area contributed by atoms with Crippen LogP contribution in [0.2, 0.25) is 0 Å². The van der Waals surface area contributed by atoms with E-state index in [9.17, 15) is 8.42 Å². The van der Waals surface area contributed by atoms with Gasteiger partial charge in [-0.3, -0.25) is 4.40 Å². The van der Waals surface area contributed by atoms with Gasteiger partial charge in [-0.25, -0.2) is 18.5 Å². The number of sulfonamides is 1. The fourth-order valence-electron chi connectivity index (χ4n) is 1.94. The van der Waals surface area contributed by atoms with Crippen LogP contribution >= 0.6 is 11.3 Å². The van der Waals surface area contributed by atoms with E-state index in [1.807, 2.05) is 26.2 Å². The highest BCUT2D eigenvalue weighted by atomic mass is 32.2. The molecule has 2 heterocycles. The van der Waals surface area contributed by atoms with Crippen molar-refractivity contribution in [2.45, 2.75) is 44.6 Å². The molecule has 0 fully saturated rings. The molecule has 0 bridgehead atoms. The van der Waals surface area contributed by atoms with Gasteiger partial charge in [0.25, 0.3) is 10.0 Å². The molecular weight excluding hydrogens is 270 g/mol. The number of thiazole rings is 1. The van der Waals surface area contributed by atoms with Crippen LogP contribution in [0, 0.1) is 0 Å². The Labute approximate surface area is 111 Å². The van der Waals surface area contributed by atoms with Crippen molar-refractivity contribution in [3.05, 3.63) is 16.8 Å². The van der Waals surface area contributed by atoms with Crippen LogP contribution in [-0.4, -0.2) is 17.8 Å². The molecule has 0 spiro atoms. The van der Waals surface area contributed by atoms with E-state index in [1.54, 1.807) is 4.40 Å². The zero-order valence-electron chi connectivity index (χ0n) is 10.7. The average Bonchev–Trinajstić information content (AvgIpc) is 2.83. The molecule has 2 aromatic rings. The number of nitrogens with zero attached hydrogens (tertiary/aromatic N) is 2. The second-order valence-corrected chi connectivity index (χ2v) is 6.67. The van der Waals surface area contributed by atoms with Gasteiger partial charge in [-0.15, -0.1) is 11.3 Å². The van der Waals surface area contributed by atoms with Crippen molar-refractivity contribution >= 4 is 26.3 Å². The number of primary sulfonamides is 1. The fourth-order valence-corrected chi connectivity index (χ4v) is 3.97. The Morgan fingerprint density at radius 3 is 2.67 bits per heavy atom. The third-order valence-electron chi connectivity index (χ3n) is 3.13. The first-order chi connectivity index (χ1) is 8.40. The molecule has 18 heavy (non-hydrogen) atoms. The third kappa shape index (κ3) is 2.06. The summed E-state index contributed by atoms with van der Waals surface area (Å²) in [7, 11) is -3.77. The number of aryl methyl sites for hydroxylation is 1. The molecule has 2 N–H and O–H groups in total. The van der Waals surface area contributed by atoms with Crippen LogP contribution in [0.15, 0.2) is 10.4 Å². The molecule has 2 rings (SSSR count). The summed E-state index contributed by atoms with van der Waals surface area (Å²) in [5.74, 6) is 0.0788. The molecule has 0 radical (unpaired) electrons. The van der Waals surface area contributed by atoms with Gasteiger partial charge in [-0.2, -0.15) is 0 Å². The number of nitrogens with two attached hydrogens (primary N) is 1. The summed E-state index contributed by atoms with van der Waals surface area (Å²) < 4.78 is 25.4. The summed E-state index contributed by atoms with van der Waals surface area (Å²) in [6, 6.07) is 0. The van der Waals surface area contributed by atoms with Crippen molar-refractivity contribution in [3.63, 3.8) is 0 Å². The molecule has 0 aromatic carbocycles. The zero-order chi connectivity index (χ0) is 13.5. The highest BCUT2D eigenvalue weighted by Crippen LogP contribution is 2.30. The zero-order valence-corrected chi connectivity index (χ0v) is 12.3. The van der Waals surface area contributed by atoms with Gasteiger partial charge >= 0.3 is 0 Å². The third-order valence-corrected chi connectivity index (χ3v) is 4.93. The average molecular weight is 287 g/mol. The molecule has 5 nitrogen and oxygen atoms in total. The molecule has 1 atom stereocenters. The summed E-state index contributed by atoms with van der Waals surface area (Å²) in [5, 5.41) is 7.44. The number of fused-ring (bicyclic) bond motifs is 1. The van der Waals surface area contributed by atoms with E-state index in [2.05, 4.69) is 4.98 Å². The van der Waals surface area contributed by atoms with Crippen molar-refractivity contribution in [2.24, 2.45) is 5.14 Å². The Balaban J connectivity index is 2.84.